The summed E-state index contributed by atoms with van der Waals surface area (Å²) in [6.45, 7) is 4.48. The smallest absolute Gasteiger partial charge is 0.253 e. The summed E-state index contributed by atoms with van der Waals surface area (Å²) in [7, 11) is 2.03. The molecule has 5 heteroatoms. The van der Waals surface area contributed by atoms with E-state index >= 15 is 0 Å². The number of hydrogen-bond acceptors (Lipinski definition) is 4. The van der Waals surface area contributed by atoms with Crippen LogP contribution in [0.2, 0.25) is 0 Å². The molecular formula is C18H20N4O. The van der Waals surface area contributed by atoms with Gasteiger partial charge in [0.15, 0.2) is 0 Å². The fraction of sp³-hybridized carbons (Fsp3) is 0.278. The summed E-state index contributed by atoms with van der Waals surface area (Å²) in [5, 5.41) is 2.96. The first kappa shape index (κ1) is 15.4. The number of carbonyl (C=O) groups excluding carboxylic acids is 1. The van der Waals surface area contributed by atoms with Gasteiger partial charge in [0.25, 0.3) is 5.91 Å². The average molecular weight is 308 g/mol. The van der Waals surface area contributed by atoms with E-state index < -0.39 is 0 Å². The first-order chi connectivity index (χ1) is 11.2. The Kier molecular flexibility index (Phi) is 4.48. The van der Waals surface area contributed by atoms with E-state index in [9.17, 15) is 4.79 Å². The molecule has 1 amide bonds. The standard InChI is InChI=1S/C18H20N4O/c1-3-22(2)12-11-19-18(23)13-7-6-10-16-17(13)21-15-9-5-4-8-14(15)20-16/h4-10H,3,11-12H2,1-2H3,(H,19,23). The molecule has 0 spiro atoms. The number of hydrogen-bond donors (Lipinski definition) is 1. The summed E-state index contributed by atoms with van der Waals surface area (Å²) in [5.41, 5.74) is 3.59. The third-order valence-corrected chi connectivity index (χ3v) is 3.93. The second kappa shape index (κ2) is 6.71. The quantitative estimate of drug-likeness (QED) is 0.736. The Hall–Kier alpha value is -2.53. The first-order valence-electron chi connectivity index (χ1n) is 7.81. The highest BCUT2D eigenvalue weighted by Crippen LogP contribution is 2.19. The van der Waals surface area contributed by atoms with Crippen molar-refractivity contribution in [3.05, 3.63) is 48.0 Å². The lowest BCUT2D eigenvalue weighted by atomic mass is 10.1. The maximum Gasteiger partial charge on any atom is 0.253 e. The van der Waals surface area contributed by atoms with Gasteiger partial charge in [0, 0.05) is 13.1 Å². The number of benzene rings is 2. The van der Waals surface area contributed by atoms with Crippen molar-refractivity contribution < 1.29 is 4.79 Å². The van der Waals surface area contributed by atoms with Gasteiger partial charge in [-0.15, -0.1) is 0 Å². The lowest BCUT2D eigenvalue weighted by Gasteiger charge is -2.14. The highest BCUT2D eigenvalue weighted by atomic mass is 16.1. The Morgan fingerprint density at radius 2 is 1.74 bits per heavy atom. The highest BCUT2D eigenvalue weighted by Gasteiger charge is 2.12. The molecule has 5 nitrogen and oxygen atoms in total. The zero-order chi connectivity index (χ0) is 16.2. The third kappa shape index (κ3) is 3.29. The van der Waals surface area contributed by atoms with Gasteiger partial charge in [0.2, 0.25) is 0 Å². The predicted molar refractivity (Wildman–Crippen MR) is 92.5 cm³/mol. The fourth-order valence-electron chi connectivity index (χ4n) is 2.44. The summed E-state index contributed by atoms with van der Waals surface area (Å²) < 4.78 is 0. The molecule has 2 aromatic carbocycles. The van der Waals surface area contributed by atoms with E-state index in [2.05, 4.69) is 27.1 Å². The van der Waals surface area contributed by atoms with Crippen LogP contribution < -0.4 is 5.32 Å². The van der Waals surface area contributed by atoms with Crippen LogP contribution in [0, 0.1) is 0 Å². The van der Waals surface area contributed by atoms with E-state index in [-0.39, 0.29) is 5.91 Å². The van der Waals surface area contributed by atoms with E-state index in [1.807, 2.05) is 43.4 Å². The molecule has 1 aromatic heterocycles. The van der Waals surface area contributed by atoms with Gasteiger partial charge >= 0.3 is 0 Å². The van der Waals surface area contributed by atoms with Gasteiger partial charge in [-0.05, 0) is 37.9 Å². The Bertz CT molecular complexity index is 847. The van der Waals surface area contributed by atoms with Crippen LogP contribution in [0.5, 0.6) is 0 Å². The van der Waals surface area contributed by atoms with Gasteiger partial charge in [-0.1, -0.05) is 25.1 Å². The molecule has 0 saturated heterocycles. The highest BCUT2D eigenvalue weighted by molar-refractivity contribution is 6.05. The van der Waals surface area contributed by atoms with E-state index in [0.29, 0.717) is 17.6 Å². The van der Waals surface area contributed by atoms with Crippen molar-refractivity contribution in [3.63, 3.8) is 0 Å². The SMILES string of the molecule is CCN(C)CCNC(=O)c1cccc2nc3ccccc3nc12. The Labute approximate surface area is 135 Å². The number of fused-ring (bicyclic) bond motifs is 2. The van der Waals surface area contributed by atoms with Crippen molar-refractivity contribution in [2.24, 2.45) is 0 Å². The maximum atomic E-state index is 12.5. The van der Waals surface area contributed by atoms with Crippen molar-refractivity contribution in [1.82, 2.24) is 20.2 Å². The molecule has 1 heterocycles. The number of nitrogens with one attached hydrogen (secondary N) is 1. The second-order valence-electron chi connectivity index (χ2n) is 5.54. The molecule has 0 unspecified atom stereocenters. The van der Waals surface area contributed by atoms with Crippen LogP contribution in [0.1, 0.15) is 17.3 Å². The summed E-state index contributed by atoms with van der Waals surface area (Å²) >= 11 is 0. The monoisotopic (exact) mass is 308 g/mol. The Morgan fingerprint density at radius 1 is 1.04 bits per heavy atom. The molecule has 3 rings (SSSR count). The molecule has 23 heavy (non-hydrogen) atoms. The molecule has 0 atom stereocenters. The number of carbonyl (C=O) groups is 1. The molecule has 118 valence electrons. The largest absolute Gasteiger partial charge is 0.351 e. The van der Waals surface area contributed by atoms with Crippen LogP contribution in [0.25, 0.3) is 22.1 Å². The molecule has 0 saturated carbocycles. The number of rotatable bonds is 5. The summed E-state index contributed by atoms with van der Waals surface area (Å²) in [6, 6.07) is 13.2. The van der Waals surface area contributed by atoms with Gasteiger partial charge in [0.1, 0.15) is 5.52 Å². The minimum atomic E-state index is -0.107. The molecule has 0 aliphatic carbocycles. The molecule has 0 bridgehead atoms. The summed E-state index contributed by atoms with van der Waals surface area (Å²) in [5.74, 6) is -0.107. The lowest BCUT2D eigenvalue weighted by Crippen LogP contribution is -2.33. The van der Waals surface area contributed by atoms with Crippen molar-refractivity contribution in [2.75, 3.05) is 26.7 Å². The fourth-order valence-corrected chi connectivity index (χ4v) is 2.44. The molecule has 0 radical (unpaired) electrons. The van der Waals surface area contributed by atoms with Crippen molar-refractivity contribution in [1.29, 1.82) is 0 Å². The van der Waals surface area contributed by atoms with E-state index in [0.717, 1.165) is 29.6 Å². The minimum absolute atomic E-state index is 0.107. The molecular weight excluding hydrogens is 288 g/mol. The van der Waals surface area contributed by atoms with Gasteiger partial charge in [-0.2, -0.15) is 0 Å². The van der Waals surface area contributed by atoms with Crippen LogP contribution in [0.4, 0.5) is 0 Å². The molecule has 1 N–H and O–H groups in total. The van der Waals surface area contributed by atoms with Gasteiger partial charge < -0.3 is 10.2 Å². The predicted octanol–water partition coefficient (Wildman–Crippen LogP) is 2.46. The third-order valence-electron chi connectivity index (χ3n) is 3.93. The van der Waals surface area contributed by atoms with Crippen molar-refractivity contribution in [2.45, 2.75) is 6.92 Å². The summed E-state index contributed by atoms with van der Waals surface area (Å²) in [6.07, 6.45) is 0. The van der Waals surface area contributed by atoms with Crippen LogP contribution in [0.15, 0.2) is 42.5 Å². The van der Waals surface area contributed by atoms with E-state index in [1.165, 1.54) is 0 Å². The molecule has 0 aliphatic heterocycles. The van der Waals surface area contributed by atoms with Crippen LogP contribution in [-0.4, -0.2) is 47.5 Å². The van der Waals surface area contributed by atoms with Crippen molar-refractivity contribution >= 4 is 28.0 Å². The number of likely N-dealkylation sites (N-methyl/N-ethyl adjacent to an activating group) is 1. The van der Waals surface area contributed by atoms with Gasteiger partial charge in [-0.3, -0.25) is 4.79 Å². The number of aromatic nitrogens is 2. The normalized spacial score (nSPS) is 11.3. The van der Waals surface area contributed by atoms with Gasteiger partial charge in [-0.25, -0.2) is 9.97 Å². The zero-order valence-electron chi connectivity index (χ0n) is 13.4. The van der Waals surface area contributed by atoms with Crippen LogP contribution >= 0.6 is 0 Å². The second-order valence-corrected chi connectivity index (χ2v) is 5.54. The summed E-state index contributed by atoms with van der Waals surface area (Å²) in [4.78, 5) is 23.8. The molecule has 3 aromatic rings. The van der Waals surface area contributed by atoms with E-state index in [4.69, 9.17) is 0 Å². The molecule has 0 fully saturated rings. The lowest BCUT2D eigenvalue weighted by molar-refractivity contribution is 0.0951. The van der Waals surface area contributed by atoms with Crippen molar-refractivity contribution in [3.8, 4) is 0 Å². The van der Waals surface area contributed by atoms with Crippen LogP contribution in [0.3, 0.4) is 0 Å². The first-order valence-corrected chi connectivity index (χ1v) is 7.81. The Balaban J connectivity index is 1.91. The minimum Gasteiger partial charge on any atom is -0.351 e. The maximum absolute atomic E-state index is 12.5. The van der Waals surface area contributed by atoms with E-state index in [1.54, 1.807) is 6.07 Å². The molecule has 0 aliphatic rings. The van der Waals surface area contributed by atoms with Crippen LogP contribution in [-0.2, 0) is 0 Å². The number of para-hydroxylation sites is 3. The topological polar surface area (TPSA) is 58.1 Å². The average Bonchev–Trinajstić information content (AvgIpc) is 2.59. The zero-order valence-corrected chi connectivity index (χ0v) is 13.4. The number of nitrogens with zero attached hydrogens (tertiary/aromatic N) is 3. The van der Waals surface area contributed by atoms with Gasteiger partial charge in [0.05, 0.1) is 22.1 Å². The number of amides is 1. The Morgan fingerprint density at radius 3 is 2.48 bits per heavy atom.